The molecule has 1 atom stereocenters. The van der Waals surface area contributed by atoms with Crippen LogP contribution in [0.2, 0.25) is 0 Å². The van der Waals surface area contributed by atoms with Gasteiger partial charge >= 0.3 is 0 Å². The topological polar surface area (TPSA) is 26.0 Å². The molecule has 0 spiro atoms. The van der Waals surface area contributed by atoms with Gasteiger partial charge in [-0.05, 0) is 29.9 Å². The van der Waals surface area contributed by atoms with Gasteiger partial charge in [0.2, 0.25) is 0 Å². The maximum atomic E-state index is 5.69. The first kappa shape index (κ1) is 11.3. The van der Waals surface area contributed by atoms with Crippen molar-refractivity contribution >= 4 is 0 Å². The predicted molar refractivity (Wildman–Crippen MR) is 62.1 cm³/mol. The van der Waals surface area contributed by atoms with Crippen molar-refractivity contribution < 1.29 is 0 Å². The van der Waals surface area contributed by atoms with E-state index in [2.05, 4.69) is 38.1 Å². The Morgan fingerprint density at radius 1 is 1.21 bits per heavy atom. The highest BCUT2D eigenvalue weighted by atomic mass is 14.5. The van der Waals surface area contributed by atoms with Gasteiger partial charge in [-0.3, -0.25) is 0 Å². The molecule has 1 nitrogen and oxygen atoms in total. The van der Waals surface area contributed by atoms with Crippen molar-refractivity contribution in [2.24, 2.45) is 11.7 Å². The van der Waals surface area contributed by atoms with Crippen molar-refractivity contribution in [3.63, 3.8) is 0 Å². The molecule has 14 heavy (non-hydrogen) atoms. The Morgan fingerprint density at radius 3 is 2.43 bits per heavy atom. The third kappa shape index (κ3) is 3.15. The van der Waals surface area contributed by atoms with E-state index in [4.69, 9.17) is 5.73 Å². The lowest BCUT2D eigenvalue weighted by atomic mass is 9.96. The summed E-state index contributed by atoms with van der Waals surface area (Å²) in [7, 11) is 0. The summed E-state index contributed by atoms with van der Waals surface area (Å²) in [6, 6.07) is 8.50. The van der Waals surface area contributed by atoms with Crippen LogP contribution < -0.4 is 5.73 Å². The molecule has 0 aliphatic carbocycles. The van der Waals surface area contributed by atoms with E-state index in [0.29, 0.717) is 6.54 Å². The quantitative estimate of drug-likeness (QED) is 0.760. The molecule has 1 heteroatoms. The van der Waals surface area contributed by atoms with Gasteiger partial charge in [0.15, 0.2) is 0 Å². The Hall–Kier alpha value is -0.820. The molecule has 0 aromatic heterocycles. The molecule has 0 bridgehead atoms. The zero-order valence-electron chi connectivity index (χ0n) is 9.29. The molecule has 0 heterocycles. The first-order chi connectivity index (χ1) is 6.77. The summed E-state index contributed by atoms with van der Waals surface area (Å²) in [6.45, 7) is 5.22. The van der Waals surface area contributed by atoms with Crippen molar-refractivity contribution in [2.75, 3.05) is 0 Å². The van der Waals surface area contributed by atoms with Crippen LogP contribution in [0, 0.1) is 5.92 Å². The minimum Gasteiger partial charge on any atom is -0.326 e. The fourth-order valence-electron chi connectivity index (χ4n) is 1.61. The maximum Gasteiger partial charge on any atom is 0.0180 e. The highest BCUT2D eigenvalue weighted by molar-refractivity contribution is 5.26. The molecule has 2 N–H and O–H groups in total. The minimum atomic E-state index is 0.663. The minimum absolute atomic E-state index is 0.663. The van der Waals surface area contributed by atoms with E-state index >= 15 is 0 Å². The highest BCUT2D eigenvalue weighted by Crippen LogP contribution is 2.15. The summed E-state index contributed by atoms with van der Waals surface area (Å²) in [6.07, 6.45) is 3.71. The van der Waals surface area contributed by atoms with Crippen LogP contribution in [-0.2, 0) is 13.0 Å². The Labute approximate surface area is 87.3 Å². The third-order valence-corrected chi connectivity index (χ3v) is 2.94. The zero-order valence-corrected chi connectivity index (χ0v) is 9.29. The lowest BCUT2D eigenvalue weighted by Gasteiger charge is -2.10. The number of hydrogen-bond donors (Lipinski definition) is 1. The first-order valence-corrected chi connectivity index (χ1v) is 5.54. The summed E-state index contributed by atoms with van der Waals surface area (Å²) in [5.41, 5.74) is 8.42. The van der Waals surface area contributed by atoms with Gasteiger partial charge in [0.25, 0.3) is 0 Å². The van der Waals surface area contributed by atoms with Crippen LogP contribution in [0.15, 0.2) is 24.3 Å². The molecule has 0 aliphatic heterocycles. The fourth-order valence-corrected chi connectivity index (χ4v) is 1.61. The van der Waals surface area contributed by atoms with Crippen molar-refractivity contribution in [1.82, 2.24) is 0 Å². The van der Waals surface area contributed by atoms with E-state index in [-0.39, 0.29) is 0 Å². The van der Waals surface area contributed by atoms with Crippen LogP contribution in [-0.4, -0.2) is 0 Å². The smallest absolute Gasteiger partial charge is 0.0180 e. The summed E-state index contributed by atoms with van der Waals surface area (Å²) in [5, 5.41) is 0. The molecule has 0 saturated carbocycles. The molecule has 0 fully saturated rings. The molecule has 1 unspecified atom stereocenters. The van der Waals surface area contributed by atoms with Crippen LogP contribution in [0.3, 0.4) is 0 Å². The van der Waals surface area contributed by atoms with Crippen molar-refractivity contribution in [1.29, 1.82) is 0 Å². The van der Waals surface area contributed by atoms with Gasteiger partial charge in [-0.15, -0.1) is 0 Å². The lowest BCUT2D eigenvalue weighted by Crippen LogP contribution is -2.03. The molecule has 0 aliphatic rings. The second-order valence-electron chi connectivity index (χ2n) is 4.02. The number of rotatable bonds is 5. The summed E-state index contributed by atoms with van der Waals surface area (Å²) < 4.78 is 0. The second-order valence-corrected chi connectivity index (χ2v) is 4.02. The monoisotopic (exact) mass is 191 g/mol. The Morgan fingerprint density at radius 2 is 1.86 bits per heavy atom. The Kier molecular flexibility index (Phi) is 4.68. The molecule has 78 valence electrons. The number of nitrogens with two attached hydrogens (primary N) is 1. The Balaban J connectivity index is 2.57. The van der Waals surface area contributed by atoms with Crippen LogP contribution >= 0.6 is 0 Å². The maximum absolute atomic E-state index is 5.69. The van der Waals surface area contributed by atoms with E-state index in [1.165, 1.54) is 30.4 Å². The molecule has 0 amide bonds. The van der Waals surface area contributed by atoms with E-state index in [0.717, 1.165) is 5.92 Å². The van der Waals surface area contributed by atoms with Crippen molar-refractivity contribution in [2.45, 2.75) is 39.7 Å². The molecule has 0 saturated heterocycles. The van der Waals surface area contributed by atoms with E-state index in [1.54, 1.807) is 0 Å². The first-order valence-electron chi connectivity index (χ1n) is 5.54. The van der Waals surface area contributed by atoms with Gasteiger partial charge in [0.05, 0.1) is 0 Å². The van der Waals surface area contributed by atoms with E-state index in [9.17, 15) is 0 Å². The number of benzene rings is 1. The van der Waals surface area contributed by atoms with Gasteiger partial charge in [-0.2, -0.15) is 0 Å². The van der Waals surface area contributed by atoms with Crippen LogP contribution in [0.25, 0.3) is 0 Å². The van der Waals surface area contributed by atoms with Gasteiger partial charge < -0.3 is 5.73 Å². The van der Waals surface area contributed by atoms with Crippen LogP contribution in [0.4, 0.5) is 0 Å². The van der Waals surface area contributed by atoms with Gasteiger partial charge in [-0.1, -0.05) is 44.5 Å². The average molecular weight is 191 g/mol. The largest absolute Gasteiger partial charge is 0.326 e. The molecule has 1 aromatic carbocycles. The lowest BCUT2D eigenvalue weighted by molar-refractivity contribution is 0.515. The predicted octanol–water partition coefficient (Wildman–Crippen LogP) is 3.12. The average Bonchev–Trinajstić information content (AvgIpc) is 2.26. The van der Waals surface area contributed by atoms with Gasteiger partial charge in [-0.25, -0.2) is 0 Å². The second kappa shape index (κ2) is 5.82. The summed E-state index contributed by atoms with van der Waals surface area (Å²) in [5.74, 6) is 0.820. The number of hydrogen-bond acceptors (Lipinski definition) is 1. The molecular formula is C13H21N. The highest BCUT2D eigenvalue weighted by Gasteiger charge is 2.02. The number of aryl methyl sites for hydroxylation is 1. The zero-order chi connectivity index (χ0) is 10.4. The molecular weight excluding hydrogens is 170 g/mol. The van der Waals surface area contributed by atoms with Crippen LogP contribution in [0.5, 0.6) is 0 Å². The fraction of sp³-hybridized carbons (Fsp3) is 0.538. The van der Waals surface area contributed by atoms with Gasteiger partial charge in [0.1, 0.15) is 0 Å². The Bertz CT molecular complexity index is 268. The SMILES string of the molecule is CCC(C)CCc1ccccc1CN. The molecule has 0 radical (unpaired) electrons. The van der Waals surface area contributed by atoms with Crippen molar-refractivity contribution in [3.05, 3.63) is 35.4 Å². The summed E-state index contributed by atoms with van der Waals surface area (Å²) in [4.78, 5) is 0. The van der Waals surface area contributed by atoms with Crippen molar-refractivity contribution in [3.8, 4) is 0 Å². The van der Waals surface area contributed by atoms with E-state index < -0.39 is 0 Å². The molecule has 1 aromatic rings. The normalized spacial score (nSPS) is 12.8. The van der Waals surface area contributed by atoms with E-state index in [1.807, 2.05) is 0 Å². The summed E-state index contributed by atoms with van der Waals surface area (Å²) >= 11 is 0. The standard InChI is InChI=1S/C13H21N/c1-3-11(2)8-9-12-6-4-5-7-13(12)10-14/h4-7,11H,3,8-10,14H2,1-2H3. The van der Waals surface area contributed by atoms with Gasteiger partial charge in [0, 0.05) is 6.54 Å². The molecule has 1 rings (SSSR count). The third-order valence-electron chi connectivity index (χ3n) is 2.94. The van der Waals surface area contributed by atoms with Crippen LogP contribution in [0.1, 0.15) is 37.8 Å².